The lowest BCUT2D eigenvalue weighted by Crippen LogP contribution is -2.23. The van der Waals surface area contributed by atoms with Gasteiger partial charge >= 0.3 is 0 Å². The van der Waals surface area contributed by atoms with E-state index in [1.54, 1.807) is 24.7 Å². The van der Waals surface area contributed by atoms with Crippen LogP contribution in [0.2, 0.25) is 0 Å². The number of methoxy groups -OCH3 is 1. The molecule has 1 aliphatic carbocycles. The highest BCUT2D eigenvalue weighted by Crippen LogP contribution is 2.32. The molecule has 0 spiro atoms. The van der Waals surface area contributed by atoms with Gasteiger partial charge in [-0.3, -0.25) is 0 Å². The van der Waals surface area contributed by atoms with Gasteiger partial charge in [0.2, 0.25) is 0 Å². The number of aromatic nitrogens is 1. The average Bonchev–Trinajstić information content (AvgIpc) is 3.32. The molecule has 0 bridgehead atoms. The third-order valence-electron chi connectivity index (χ3n) is 4.75. The van der Waals surface area contributed by atoms with Gasteiger partial charge in [-0.05, 0) is 49.2 Å². The number of hydrogen-bond donors (Lipinski definition) is 0. The van der Waals surface area contributed by atoms with Gasteiger partial charge in [-0.2, -0.15) is 0 Å². The number of furan rings is 1. The minimum absolute atomic E-state index is 0.497. The lowest BCUT2D eigenvalue weighted by Gasteiger charge is -2.24. The van der Waals surface area contributed by atoms with Crippen LogP contribution in [0.4, 0.5) is 5.69 Å². The molecule has 0 N–H and O–H groups in total. The quantitative estimate of drug-likeness (QED) is 0.616. The smallest absolute Gasteiger partial charge is 0.190 e. The summed E-state index contributed by atoms with van der Waals surface area (Å²) in [6.07, 6.45) is 8.06. The molecule has 0 unspecified atom stereocenters. The minimum Gasteiger partial charge on any atom is -0.497 e. The molecular formula is C20H22N2O2S. The van der Waals surface area contributed by atoms with Gasteiger partial charge in [0, 0.05) is 11.4 Å². The second kappa shape index (κ2) is 7.31. The van der Waals surface area contributed by atoms with E-state index in [4.69, 9.17) is 14.1 Å². The summed E-state index contributed by atoms with van der Waals surface area (Å²) in [5.74, 6) is 1.76. The lowest BCUT2D eigenvalue weighted by molar-refractivity contribution is 0.349. The van der Waals surface area contributed by atoms with Crippen LogP contribution < -0.4 is 9.54 Å². The van der Waals surface area contributed by atoms with E-state index in [-0.39, 0.29) is 0 Å². The number of benzene rings is 1. The Kier molecular flexibility index (Phi) is 4.74. The van der Waals surface area contributed by atoms with Gasteiger partial charge in [0.05, 0.1) is 24.8 Å². The molecular weight excluding hydrogens is 332 g/mol. The molecule has 2 heterocycles. The number of nitrogens with zero attached hydrogens (tertiary/aromatic N) is 2. The van der Waals surface area contributed by atoms with Gasteiger partial charge in [-0.25, -0.2) is 4.99 Å². The number of rotatable bonds is 4. The van der Waals surface area contributed by atoms with Crippen LogP contribution in [-0.4, -0.2) is 11.7 Å². The molecule has 0 amide bonds. The number of ether oxygens (including phenoxy) is 1. The normalized spacial score (nSPS) is 16.3. The topological polar surface area (TPSA) is 39.7 Å². The van der Waals surface area contributed by atoms with Crippen molar-refractivity contribution >= 4 is 17.0 Å². The Bertz CT molecular complexity index is 869. The highest BCUT2D eigenvalue weighted by atomic mass is 32.1. The molecule has 4 rings (SSSR count). The van der Waals surface area contributed by atoms with Crippen LogP contribution in [0, 0.1) is 0 Å². The predicted molar refractivity (Wildman–Crippen MR) is 100 cm³/mol. The van der Waals surface area contributed by atoms with Crippen molar-refractivity contribution in [3.63, 3.8) is 0 Å². The van der Waals surface area contributed by atoms with Gasteiger partial charge < -0.3 is 13.7 Å². The number of hydrogen-bond acceptors (Lipinski definition) is 4. The summed E-state index contributed by atoms with van der Waals surface area (Å²) in [5.41, 5.74) is 2.08. The molecule has 1 aliphatic rings. The molecule has 1 fully saturated rings. The summed E-state index contributed by atoms with van der Waals surface area (Å²) in [7, 11) is 1.68. The zero-order chi connectivity index (χ0) is 17.1. The van der Waals surface area contributed by atoms with Gasteiger partial charge in [-0.1, -0.05) is 19.3 Å². The molecule has 2 aromatic heterocycles. The Labute approximate surface area is 151 Å². The Morgan fingerprint density at radius 2 is 1.92 bits per heavy atom. The van der Waals surface area contributed by atoms with Crippen molar-refractivity contribution < 1.29 is 9.15 Å². The van der Waals surface area contributed by atoms with Crippen LogP contribution in [0.25, 0.3) is 11.5 Å². The Hall–Kier alpha value is -2.27. The third-order valence-corrected chi connectivity index (χ3v) is 5.59. The van der Waals surface area contributed by atoms with Crippen molar-refractivity contribution in [3.05, 3.63) is 52.8 Å². The fraction of sp³-hybridized carbons (Fsp3) is 0.350. The van der Waals surface area contributed by atoms with Crippen LogP contribution in [0.1, 0.15) is 38.1 Å². The largest absolute Gasteiger partial charge is 0.497 e. The van der Waals surface area contributed by atoms with E-state index in [9.17, 15) is 0 Å². The minimum atomic E-state index is 0.497. The summed E-state index contributed by atoms with van der Waals surface area (Å²) in [4.78, 5) is 5.94. The van der Waals surface area contributed by atoms with E-state index in [0.717, 1.165) is 27.7 Å². The fourth-order valence-corrected chi connectivity index (χ4v) is 4.43. The van der Waals surface area contributed by atoms with Gasteiger partial charge in [0.15, 0.2) is 10.6 Å². The summed E-state index contributed by atoms with van der Waals surface area (Å²) in [5, 5.41) is 2.16. The van der Waals surface area contributed by atoms with Crippen molar-refractivity contribution in [3.8, 4) is 17.2 Å². The van der Waals surface area contributed by atoms with Gasteiger partial charge in [0.25, 0.3) is 0 Å². The SMILES string of the molecule is COc1ccc(N=c2scc(-c3ccco3)n2C2CCCCC2)cc1. The molecule has 25 heavy (non-hydrogen) atoms. The second-order valence-corrected chi connectivity index (χ2v) is 7.19. The highest BCUT2D eigenvalue weighted by molar-refractivity contribution is 7.07. The summed E-state index contributed by atoms with van der Waals surface area (Å²) < 4.78 is 13.3. The van der Waals surface area contributed by atoms with Crippen LogP contribution >= 0.6 is 11.3 Å². The molecule has 1 saturated carbocycles. The third kappa shape index (κ3) is 3.42. The van der Waals surface area contributed by atoms with E-state index in [0.29, 0.717) is 6.04 Å². The molecule has 1 aromatic carbocycles. The lowest BCUT2D eigenvalue weighted by atomic mass is 9.95. The molecule has 4 nitrogen and oxygen atoms in total. The Morgan fingerprint density at radius 3 is 2.60 bits per heavy atom. The van der Waals surface area contributed by atoms with Gasteiger partial charge in [0.1, 0.15) is 5.75 Å². The van der Waals surface area contributed by atoms with E-state index < -0.39 is 0 Å². The van der Waals surface area contributed by atoms with Crippen molar-refractivity contribution in [1.82, 2.24) is 4.57 Å². The van der Waals surface area contributed by atoms with Crippen LogP contribution in [0.5, 0.6) is 5.75 Å². The van der Waals surface area contributed by atoms with Crippen LogP contribution in [0.15, 0.2) is 57.5 Å². The first kappa shape index (κ1) is 16.2. The molecule has 0 atom stereocenters. The van der Waals surface area contributed by atoms with Crippen LogP contribution in [0.3, 0.4) is 0 Å². The maximum absolute atomic E-state index is 5.67. The number of thiazole rings is 1. The molecule has 5 heteroatoms. The molecule has 0 saturated heterocycles. The average molecular weight is 354 g/mol. The standard InChI is InChI=1S/C20H22N2O2S/c1-23-17-11-9-15(10-12-17)21-20-22(16-6-3-2-4-7-16)18(14-25-20)19-8-5-13-24-19/h5,8-14,16H,2-4,6-7H2,1H3. The first-order valence-corrected chi connectivity index (χ1v) is 9.66. The highest BCUT2D eigenvalue weighted by Gasteiger charge is 2.21. The van der Waals surface area contributed by atoms with E-state index in [1.165, 1.54) is 32.1 Å². The first-order chi connectivity index (χ1) is 12.3. The van der Waals surface area contributed by atoms with E-state index in [1.807, 2.05) is 36.4 Å². The zero-order valence-electron chi connectivity index (χ0n) is 14.4. The molecule has 3 aromatic rings. The van der Waals surface area contributed by atoms with Crippen molar-refractivity contribution in [2.24, 2.45) is 4.99 Å². The van der Waals surface area contributed by atoms with Gasteiger partial charge in [-0.15, -0.1) is 11.3 Å². The van der Waals surface area contributed by atoms with Crippen molar-refractivity contribution in [1.29, 1.82) is 0 Å². The maximum atomic E-state index is 5.67. The Morgan fingerprint density at radius 1 is 1.12 bits per heavy atom. The summed E-state index contributed by atoms with van der Waals surface area (Å²) in [6, 6.07) is 12.4. The first-order valence-electron chi connectivity index (χ1n) is 8.78. The fourth-order valence-electron chi connectivity index (χ4n) is 3.47. The molecule has 0 aliphatic heterocycles. The van der Waals surface area contributed by atoms with Crippen molar-refractivity contribution in [2.75, 3.05) is 7.11 Å². The summed E-state index contributed by atoms with van der Waals surface area (Å²) in [6.45, 7) is 0. The predicted octanol–water partition coefficient (Wildman–Crippen LogP) is 5.56. The van der Waals surface area contributed by atoms with Crippen molar-refractivity contribution in [2.45, 2.75) is 38.1 Å². The molecule has 0 radical (unpaired) electrons. The Balaban J connectivity index is 1.79. The zero-order valence-corrected chi connectivity index (χ0v) is 15.2. The summed E-state index contributed by atoms with van der Waals surface area (Å²) >= 11 is 1.68. The molecule has 130 valence electrons. The maximum Gasteiger partial charge on any atom is 0.190 e. The van der Waals surface area contributed by atoms with E-state index in [2.05, 4.69) is 9.95 Å². The second-order valence-electron chi connectivity index (χ2n) is 6.35. The monoisotopic (exact) mass is 354 g/mol. The van der Waals surface area contributed by atoms with Crippen LogP contribution in [-0.2, 0) is 0 Å². The van der Waals surface area contributed by atoms with E-state index >= 15 is 0 Å².